The smallest absolute Gasteiger partial charge is 0.226 e. The van der Waals surface area contributed by atoms with Gasteiger partial charge in [-0.1, -0.05) is 6.92 Å². The fourth-order valence-electron chi connectivity index (χ4n) is 4.25. The van der Waals surface area contributed by atoms with Gasteiger partial charge in [0.25, 0.3) is 0 Å². The Balaban J connectivity index is 1.74. The maximum Gasteiger partial charge on any atom is 0.226 e. The molecule has 1 unspecified atom stereocenters. The molecule has 2 saturated heterocycles. The lowest BCUT2D eigenvalue weighted by Gasteiger charge is -2.33. The Bertz CT molecular complexity index is 799. The van der Waals surface area contributed by atoms with E-state index in [-0.39, 0.29) is 5.60 Å². The molecule has 0 aromatic carbocycles. The fraction of sp³-hybridized carbons (Fsp3) is 0.688. The third-order valence-electron chi connectivity index (χ3n) is 5.81. The molecule has 23 heavy (non-hydrogen) atoms. The first-order valence-corrected chi connectivity index (χ1v) is 8.81. The van der Waals surface area contributed by atoms with Crippen LogP contribution in [0.3, 0.4) is 0 Å². The van der Waals surface area contributed by atoms with Crippen LogP contribution < -0.4 is 4.90 Å². The summed E-state index contributed by atoms with van der Waals surface area (Å²) in [6.45, 7) is 6.74. The van der Waals surface area contributed by atoms with Crippen molar-refractivity contribution in [1.29, 1.82) is 0 Å². The van der Waals surface area contributed by atoms with Crippen LogP contribution in [-0.2, 0) is 16.9 Å². The molecule has 2 aromatic rings. The monoisotopic (exact) mass is 333 g/mol. The molecular formula is C16H20ClN5O. The number of anilines is 1. The van der Waals surface area contributed by atoms with Gasteiger partial charge in [-0.15, -0.1) is 0 Å². The van der Waals surface area contributed by atoms with E-state index in [1.165, 1.54) is 12.8 Å². The Kier molecular flexibility index (Phi) is 2.78. The van der Waals surface area contributed by atoms with Crippen molar-refractivity contribution in [3.05, 3.63) is 11.1 Å². The summed E-state index contributed by atoms with van der Waals surface area (Å²) in [5.41, 5.74) is 1.36. The fourth-order valence-corrected chi connectivity index (χ4v) is 4.41. The van der Waals surface area contributed by atoms with Crippen LogP contribution in [0.25, 0.3) is 11.2 Å². The van der Waals surface area contributed by atoms with Crippen molar-refractivity contribution in [3.63, 3.8) is 0 Å². The first-order chi connectivity index (χ1) is 11.1. The van der Waals surface area contributed by atoms with Crippen LogP contribution in [-0.4, -0.2) is 38.7 Å². The lowest BCUT2D eigenvalue weighted by molar-refractivity contribution is -0.0694. The van der Waals surface area contributed by atoms with Gasteiger partial charge in [-0.3, -0.25) is 0 Å². The van der Waals surface area contributed by atoms with Gasteiger partial charge >= 0.3 is 0 Å². The molecule has 2 aromatic heterocycles. The quantitative estimate of drug-likeness (QED) is 0.791. The van der Waals surface area contributed by atoms with E-state index in [4.69, 9.17) is 21.3 Å². The first kappa shape index (κ1) is 14.0. The van der Waals surface area contributed by atoms with Gasteiger partial charge < -0.3 is 14.2 Å². The molecule has 5 heterocycles. The number of hydrogen-bond acceptors (Lipinski definition) is 5. The molecule has 1 atom stereocenters. The van der Waals surface area contributed by atoms with E-state index >= 15 is 0 Å². The summed E-state index contributed by atoms with van der Waals surface area (Å²) in [5, 5.41) is 0.309. The molecule has 3 fully saturated rings. The van der Waals surface area contributed by atoms with Gasteiger partial charge in [0.2, 0.25) is 5.28 Å². The number of aromatic nitrogens is 4. The Hall–Kier alpha value is -1.40. The second kappa shape index (κ2) is 4.57. The van der Waals surface area contributed by atoms with Crippen LogP contribution in [0.4, 0.5) is 5.82 Å². The molecule has 122 valence electrons. The van der Waals surface area contributed by atoms with Gasteiger partial charge in [0, 0.05) is 19.1 Å². The first-order valence-electron chi connectivity index (χ1n) is 8.44. The number of fused-ring (bicyclic) bond motifs is 4. The minimum absolute atomic E-state index is 0.309. The van der Waals surface area contributed by atoms with Crippen molar-refractivity contribution < 1.29 is 4.74 Å². The van der Waals surface area contributed by atoms with Gasteiger partial charge in [-0.05, 0) is 43.7 Å². The lowest BCUT2D eigenvalue weighted by Crippen LogP contribution is -2.35. The van der Waals surface area contributed by atoms with Crippen molar-refractivity contribution in [1.82, 2.24) is 19.5 Å². The third kappa shape index (κ3) is 1.82. The second-order valence-corrected chi connectivity index (χ2v) is 7.49. The largest absolute Gasteiger partial charge is 0.366 e. The molecule has 1 saturated carbocycles. The second-order valence-electron chi connectivity index (χ2n) is 7.15. The summed E-state index contributed by atoms with van der Waals surface area (Å²) in [4.78, 5) is 16.3. The highest BCUT2D eigenvalue weighted by Crippen LogP contribution is 2.45. The highest BCUT2D eigenvalue weighted by Gasteiger charge is 2.45. The molecule has 0 spiro atoms. The summed E-state index contributed by atoms with van der Waals surface area (Å²) >= 11 is 6.25. The van der Waals surface area contributed by atoms with Crippen LogP contribution in [0.1, 0.15) is 38.9 Å². The van der Waals surface area contributed by atoms with E-state index in [9.17, 15) is 0 Å². The summed E-state index contributed by atoms with van der Waals surface area (Å²) in [6, 6.07) is 0.599. The number of nitrogens with zero attached hydrogens (tertiary/aromatic N) is 5. The molecule has 1 aliphatic carbocycles. The van der Waals surface area contributed by atoms with E-state index in [0.717, 1.165) is 48.2 Å². The van der Waals surface area contributed by atoms with Crippen LogP contribution in [0.15, 0.2) is 0 Å². The predicted octanol–water partition coefficient (Wildman–Crippen LogP) is 2.73. The van der Waals surface area contributed by atoms with Crippen LogP contribution >= 0.6 is 11.6 Å². The van der Waals surface area contributed by atoms with Crippen LogP contribution in [0.2, 0.25) is 5.28 Å². The third-order valence-corrected chi connectivity index (χ3v) is 5.98. The highest BCUT2D eigenvalue weighted by molar-refractivity contribution is 6.28. The molecule has 6 nitrogen and oxygen atoms in total. The van der Waals surface area contributed by atoms with E-state index < -0.39 is 0 Å². The van der Waals surface area contributed by atoms with E-state index in [0.29, 0.717) is 17.9 Å². The molecular weight excluding hydrogens is 314 g/mol. The minimum atomic E-state index is -0.365. The van der Waals surface area contributed by atoms with Gasteiger partial charge in [0.15, 0.2) is 17.0 Å². The van der Waals surface area contributed by atoms with Gasteiger partial charge in [-0.25, -0.2) is 4.98 Å². The molecule has 0 amide bonds. The zero-order valence-corrected chi connectivity index (χ0v) is 14.2. The lowest BCUT2D eigenvalue weighted by atomic mass is 9.86. The standard InChI is InChI=1S/C16H20ClN5O/c1-3-16(2)14-18-11-12(21(14)4-5-23-16)19-15(17)20-13(11)22-8-9-6-10(22)7-9/h9-10H,3-8H2,1-2H3. The number of imidazole rings is 1. The molecule has 0 radical (unpaired) electrons. The minimum Gasteiger partial charge on any atom is -0.366 e. The number of halogens is 1. The summed E-state index contributed by atoms with van der Waals surface area (Å²) in [5.74, 6) is 2.67. The van der Waals surface area contributed by atoms with Crippen LogP contribution in [0, 0.1) is 5.92 Å². The highest BCUT2D eigenvalue weighted by atomic mass is 35.5. The Labute approximate surface area is 139 Å². The molecule has 2 bridgehead atoms. The summed E-state index contributed by atoms with van der Waals surface area (Å²) in [7, 11) is 0. The summed E-state index contributed by atoms with van der Waals surface area (Å²) < 4.78 is 8.18. The molecule has 0 N–H and O–H groups in total. The Morgan fingerprint density at radius 1 is 1.30 bits per heavy atom. The van der Waals surface area contributed by atoms with Crippen molar-refractivity contribution in [2.24, 2.45) is 5.92 Å². The van der Waals surface area contributed by atoms with Gasteiger partial charge in [-0.2, -0.15) is 9.97 Å². The summed E-state index contributed by atoms with van der Waals surface area (Å²) in [6.07, 6.45) is 3.42. The number of rotatable bonds is 2. The van der Waals surface area contributed by atoms with Gasteiger partial charge in [0.05, 0.1) is 6.61 Å². The van der Waals surface area contributed by atoms with E-state index in [1.54, 1.807) is 0 Å². The normalized spacial score (nSPS) is 32.2. The van der Waals surface area contributed by atoms with E-state index in [2.05, 4.69) is 33.3 Å². The van der Waals surface area contributed by atoms with Gasteiger partial charge in [0.1, 0.15) is 11.4 Å². The molecule has 4 aliphatic rings. The van der Waals surface area contributed by atoms with Crippen LogP contribution in [0.5, 0.6) is 0 Å². The van der Waals surface area contributed by atoms with Crippen molar-refractivity contribution in [3.8, 4) is 0 Å². The Morgan fingerprint density at radius 3 is 2.83 bits per heavy atom. The SMILES string of the molecule is CCC1(C)OCCn2c1nc1c(N3CC4CC3C4)nc(Cl)nc12. The zero-order valence-electron chi connectivity index (χ0n) is 13.4. The van der Waals surface area contributed by atoms with Crippen molar-refractivity contribution >= 4 is 28.6 Å². The topological polar surface area (TPSA) is 56.1 Å². The zero-order chi connectivity index (χ0) is 15.8. The van der Waals surface area contributed by atoms with Crippen molar-refractivity contribution in [2.45, 2.75) is 51.3 Å². The van der Waals surface area contributed by atoms with Crippen molar-refractivity contribution in [2.75, 3.05) is 18.1 Å². The number of ether oxygens (including phenoxy) is 1. The Morgan fingerprint density at radius 2 is 2.13 bits per heavy atom. The van der Waals surface area contributed by atoms with E-state index in [1.807, 2.05) is 0 Å². The maximum atomic E-state index is 6.25. The average Bonchev–Trinajstić information content (AvgIpc) is 3.18. The maximum absolute atomic E-state index is 6.25. The molecule has 7 heteroatoms. The predicted molar refractivity (Wildman–Crippen MR) is 87.8 cm³/mol. The average molecular weight is 334 g/mol. The number of hydrogen-bond donors (Lipinski definition) is 0. The molecule has 6 rings (SSSR count). The molecule has 3 aliphatic heterocycles.